The van der Waals surface area contributed by atoms with Crippen LogP contribution in [-0.4, -0.2) is 13.3 Å². The van der Waals surface area contributed by atoms with Crippen LogP contribution in [0.1, 0.15) is 17.2 Å². The monoisotopic (exact) mass is 270 g/mol. The maximum Gasteiger partial charge on any atom is 0.231 e. The van der Waals surface area contributed by atoms with Crippen molar-refractivity contribution in [1.82, 2.24) is 0 Å². The topological polar surface area (TPSA) is 56.5 Å². The van der Waals surface area contributed by atoms with E-state index in [4.69, 9.17) is 15.2 Å². The Morgan fingerprint density at radius 3 is 2.80 bits per heavy atom. The predicted molar refractivity (Wildman–Crippen MR) is 79.2 cm³/mol. The molecule has 0 saturated carbocycles. The standard InChI is InChI=1S/C16H18N2O2/c1-11-3-2-4-12(7-11)14(9-17)18-13-5-6-15-16(8-13)20-10-19-15/h2-8,14,18H,9-10,17H2,1H3. The van der Waals surface area contributed by atoms with Crippen LogP contribution >= 0.6 is 0 Å². The van der Waals surface area contributed by atoms with Crippen LogP contribution < -0.4 is 20.5 Å². The van der Waals surface area contributed by atoms with Crippen molar-refractivity contribution in [3.05, 3.63) is 53.6 Å². The van der Waals surface area contributed by atoms with E-state index in [0.717, 1.165) is 17.2 Å². The molecule has 2 aromatic rings. The number of fused-ring (bicyclic) bond motifs is 1. The van der Waals surface area contributed by atoms with Crippen molar-refractivity contribution >= 4 is 5.69 Å². The molecule has 3 N–H and O–H groups in total. The number of aryl methyl sites for hydroxylation is 1. The molecule has 0 bridgehead atoms. The minimum atomic E-state index is 0.0790. The third-order valence-corrected chi connectivity index (χ3v) is 3.39. The molecule has 3 rings (SSSR count). The maximum atomic E-state index is 5.90. The fraction of sp³-hybridized carbons (Fsp3) is 0.250. The molecule has 0 aromatic heterocycles. The van der Waals surface area contributed by atoms with Crippen LogP contribution in [0.3, 0.4) is 0 Å². The number of rotatable bonds is 4. The molecule has 2 aromatic carbocycles. The van der Waals surface area contributed by atoms with Gasteiger partial charge >= 0.3 is 0 Å². The van der Waals surface area contributed by atoms with Gasteiger partial charge in [0.1, 0.15) is 0 Å². The first-order valence-electron chi connectivity index (χ1n) is 6.69. The summed E-state index contributed by atoms with van der Waals surface area (Å²) in [4.78, 5) is 0. The average Bonchev–Trinajstić information content (AvgIpc) is 2.92. The maximum absolute atomic E-state index is 5.90. The second-order valence-electron chi connectivity index (χ2n) is 4.91. The molecule has 0 aliphatic carbocycles. The third-order valence-electron chi connectivity index (χ3n) is 3.39. The SMILES string of the molecule is Cc1cccc(C(CN)Nc2ccc3c(c2)OCO3)c1. The summed E-state index contributed by atoms with van der Waals surface area (Å²) in [6, 6.07) is 14.3. The van der Waals surface area contributed by atoms with E-state index in [2.05, 4.69) is 36.5 Å². The van der Waals surface area contributed by atoms with E-state index in [9.17, 15) is 0 Å². The molecule has 4 nitrogen and oxygen atoms in total. The van der Waals surface area contributed by atoms with Crippen molar-refractivity contribution in [2.45, 2.75) is 13.0 Å². The van der Waals surface area contributed by atoms with Gasteiger partial charge in [0.25, 0.3) is 0 Å². The first-order valence-corrected chi connectivity index (χ1v) is 6.69. The van der Waals surface area contributed by atoms with Gasteiger partial charge in [-0.15, -0.1) is 0 Å². The molecule has 1 heterocycles. The molecular formula is C16H18N2O2. The Bertz CT molecular complexity index is 613. The van der Waals surface area contributed by atoms with E-state index >= 15 is 0 Å². The normalized spacial score (nSPS) is 14.1. The minimum absolute atomic E-state index is 0.0790. The summed E-state index contributed by atoms with van der Waals surface area (Å²) in [6.07, 6.45) is 0. The average molecular weight is 270 g/mol. The molecule has 0 amide bonds. The van der Waals surface area contributed by atoms with E-state index in [1.165, 1.54) is 11.1 Å². The smallest absolute Gasteiger partial charge is 0.231 e. The fourth-order valence-electron chi connectivity index (χ4n) is 2.35. The molecule has 20 heavy (non-hydrogen) atoms. The first-order chi connectivity index (χ1) is 9.76. The fourth-order valence-corrected chi connectivity index (χ4v) is 2.35. The molecule has 1 unspecified atom stereocenters. The van der Waals surface area contributed by atoms with Gasteiger partial charge in [-0.3, -0.25) is 0 Å². The highest BCUT2D eigenvalue weighted by atomic mass is 16.7. The lowest BCUT2D eigenvalue weighted by atomic mass is 10.0. The molecule has 104 valence electrons. The van der Waals surface area contributed by atoms with Crippen molar-refractivity contribution in [3.63, 3.8) is 0 Å². The van der Waals surface area contributed by atoms with Gasteiger partial charge in [0.05, 0.1) is 6.04 Å². The van der Waals surface area contributed by atoms with Crippen molar-refractivity contribution in [2.24, 2.45) is 5.73 Å². The summed E-state index contributed by atoms with van der Waals surface area (Å²) in [6.45, 7) is 2.90. The van der Waals surface area contributed by atoms with Crippen LogP contribution in [0.15, 0.2) is 42.5 Å². The zero-order chi connectivity index (χ0) is 13.9. The second kappa shape index (κ2) is 5.43. The Morgan fingerprint density at radius 2 is 2.00 bits per heavy atom. The summed E-state index contributed by atoms with van der Waals surface area (Å²) >= 11 is 0. The largest absolute Gasteiger partial charge is 0.454 e. The second-order valence-corrected chi connectivity index (χ2v) is 4.91. The Labute approximate surface area is 118 Å². The lowest BCUT2D eigenvalue weighted by Crippen LogP contribution is -2.20. The number of anilines is 1. The van der Waals surface area contributed by atoms with Gasteiger partial charge in [-0.1, -0.05) is 29.8 Å². The number of benzene rings is 2. The van der Waals surface area contributed by atoms with Crippen molar-refractivity contribution in [3.8, 4) is 11.5 Å². The van der Waals surface area contributed by atoms with Crippen LogP contribution in [0.5, 0.6) is 11.5 Å². The van der Waals surface area contributed by atoms with Gasteiger partial charge in [0, 0.05) is 18.3 Å². The van der Waals surface area contributed by atoms with E-state index in [1.807, 2.05) is 18.2 Å². The van der Waals surface area contributed by atoms with Gasteiger partial charge in [-0.25, -0.2) is 0 Å². The van der Waals surface area contributed by atoms with E-state index < -0.39 is 0 Å². The van der Waals surface area contributed by atoms with Crippen LogP contribution in [0.4, 0.5) is 5.69 Å². The lowest BCUT2D eigenvalue weighted by Gasteiger charge is -2.19. The minimum Gasteiger partial charge on any atom is -0.454 e. The number of nitrogens with two attached hydrogens (primary N) is 1. The van der Waals surface area contributed by atoms with Crippen molar-refractivity contribution in [2.75, 3.05) is 18.7 Å². The molecule has 0 fully saturated rings. The molecule has 0 radical (unpaired) electrons. The highest BCUT2D eigenvalue weighted by molar-refractivity contribution is 5.56. The number of hydrogen-bond acceptors (Lipinski definition) is 4. The summed E-state index contributed by atoms with van der Waals surface area (Å²) < 4.78 is 10.7. The Kier molecular flexibility index (Phi) is 3.48. The third kappa shape index (κ3) is 2.56. The quantitative estimate of drug-likeness (QED) is 0.897. The van der Waals surface area contributed by atoms with Crippen LogP contribution in [-0.2, 0) is 0 Å². The van der Waals surface area contributed by atoms with E-state index in [1.54, 1.807) is 0 Å². The van der Waals surface area contributed by atoms with Crippen molar-refractivity contribution in [1.29, 1.82) is 0 Å². The molecule has 1 aliphatic rings. The van der Waals surface area contributed by atoms with E-state index in [-0.39, 0.29) is 12.8 Å². The summed E-state index contributed by atoms with van der Waals surface area (Å²) in [5.41, 5.74) is 9.29. The molecule has 0 spiro atoms. The highest BCUT2D eigenvalue weighted by Crippen LogP contribution is 2.35. The molecule has 4 heteroatoms. The number of ether oxygens (including phenoxy) is 2. The molecule has 0 saturated heterocycles. The van der Waals surface area contributed by atoms with Crippen LogP contribution in [0.25, 0.3) is 0 Å². The highest BCUT2D eigenvalue weighted by Gasteiger charge is 2.15. The Morgan fingerprint density at radius 1 is 1.15 bits per heavy atom. The summed E-state index contributed by atoms with van der Waals surface area (Å²) in [7, 11) is 0. The number of hydrogen-bond donors (Lipinski definition) is 2. The molecule has 1 atom stereocenters. The lowest BCUT2D eigenvalue weighted by molar-refractivity contribution is 0.174. The Hall–Kier alpha value is -2.20. The van der Waals surface area contributed by atoms with Crippen LogP contribution in [0, 0.1) is 6.92 Å². The zero-order valence-electron chi connectivity index (χ0n) is 11.4. The van der Waals surface area contributed by atoms with E-state index in [0.29, 0.717) is 6.54 Å². The van der Waals surface area contributed by atoms with Gasteiger partial charge in [-0.05, 0) is 24.6 Å². The number of nitrogens with one attached hydrogen (secondary N) is 1. The summed E-state index contributed by atoms with van der Waals surface area (Å²) in [5, 5.41) is 3.44. The summed E-state index contributed by atoms with van der Waals surface area (Å²) in [5.74, 6) is 1.56. The first kappa shape index (κ1) is 12.8. The Balaban J connectivity index is 1.81. The van der Waals surface area contributed by atoms with Gasteiger partial charge < -0.3 is 20.5 Å². The predicted octanol–water partition coefficient (Wildman–Crippen LogP) is 2.84. The molecule has 1 aliphatic heterocycles. The zero-order valence-corrected chi connectivity index (χ0v) is 11.4. The molecular weight excluding hydrogens is 252 g/mol. The van der Waals surface area contributed by atoms with Gasteiger partial charge in [0.2, 0.25) is 6.79 Å². The van der Waals surface area contributed by atoms with Crippen molar-refractivity contribution < 1.29 is 9.47 Å². The van der Waals surface area contributed by atoms with Crippen LogP contribution in [0.2, 0.25) is 0 Å². The van der Waals surface area contributed by atoms with Gasteiger partial charge in [0.15, 0.2) is 11.5 Å². The van der Waals surface area contributed by atoms with Gasteiger partial charge in [-0.2, -0.15) is 0 Å².